The van der Waals surface area contributed by atoms with E-state index in [-0.39, 0.29) is 5.91 Å². The van der Waals surface area contributed by atoms with E-state index in [0.29, 0.717) is 23.5 Å². The van der Waals surface area contributed by atoms with E-state index >= 15 is 0 Å². The summed E-state index contributed by atoms with van der Waals surface area (Å²) < 4.78 is 5.30. The first kappa shape index (κ1) is 16.3. The van der Waals surface area contributed by atoms with E-state index in [1.807, 2.05) is 6.92 Å². The van der Waals surface area contributed by atoms with Gasteiger partial charge in [-0.25, -0.2) is 0 Å². The van der Waals surface area contributed by atoms with Crippen molar-refractivity contribution in [2.24, 2.45) is 0 Å². The van der Waals surface area contributed by atoms with Gasteiger partial charge in [-0.3, -0.25) is 4.79 Å². The number of ether oxygens (including phenoxy) is 1. The highest BCUT2D eigenvalue weighted by Gasteiger charge is 2.15. The fourth-order valence-corrected chi connectivity index (χ4v) is 2.20. The molecule has 0 heterocycles. The summed E-state index contributed by atoms with van der Waals surface area (Å²) in [5.41, 5.74) is 7.72. The Balaban J connectivity index is 2.72. The summed E-state index contributed by atoms with van der Waals surface area (Å²) in [4.78, 5) is 14.5. The molecule has 1 aromatic carbocycles. The molecule has 5 heteroatoms. The van der Waals surface area contributed by atoms with Crippen LogP contribution in [0.25, 0.3) is 0 Å². The van der Waals surface area contributed by atoms with Crippen molar-refractivity contribution in [3.05, 3.63) is 23.3 Å². The van der Waals surface area contributed by atoms with Crippen LogP contribution in [0.3, 0.4) is 0 Å². The SMILES string of the molecule is CCN(CC)CCNC(=O)c1cc(N)cc(C)c1OC. The molecule has 0 unspecified atom stereocenters. The van der Waals surface area contributed by atoms with Crippen LogP contribution in [-0.2, 0) is 0 Å². The largest absolute Gasteiger partial charge is 0.496 e. The second-order valence-electron chi connectivity index (χ2n) is 4.70. The van der Waals surface area contributed by atoms with Crippen molar-refractivity contribution in [1.82, 2.24) is 10.2 Å². The Hall–Kier alpha value is -1.75. The van der Waals surface area contributed by atoms with Crippen molar-refractivity contribution in [1.29, 1.82) is 0 Å². The Labute approximate surface area is 121 Å². The van der Waals surface area contributed by atoms with Crippen molar-refractivity contribution >= 4 is 11.6 Å². The number of benzene rings is 1. The molecule has 1 rings (SSSR count). The number of nitrogen functional groups attached to an aromatic ring is 1. The lowest BCUT2D eigenvalue weighted by Crippen LogP contribution is -2.35. The van der Waals surface area contributed by atoms with Crippen molar-refractivity contribution in [3.63, 3.8) is 0 Å². The van der Waals surface area contributed by atoms with Gasteiger partial charge < -0.3 is 20.7 Å². The predicted octanol–water partition coefficient (Wildman–Crippen LogP) is 1.66. The molecule has 0 saturated heterocycles. The van der Waals surface area contributed by atoms with Gasteiger partial charge in [0.15, 0.2) is 0 Å². The average Bonchev–Trinajstić information content (AvgIpc) is 2.42. The standard InChI is InChI=1S/C15H25N3O2/c1-5-18(6-2)8-7-17-15(19)13-10-12(16)9-11(3)14(13)20-4/h9-10H,5-8,16H2,1-4H3,(H,17,19). The average molecular weight is 279 g/mol. The number of methoxy groups -OCH3 is 1. The van der Waals surface area contributed by atoms with Gasteiger partial charge in [0.2, 0.25) is 0 Å². The van der Waals surface area contributed by atoms with Gasteiger partial charge in [-0.2, -0.15) is 0 Å². The van der Waals surface area contributed by atoms with E-state index in [1.165, 1.54) is 0 Å². The number of amides is 1. The number of hydrogen-bond donors (Lipinski definition) is 2. The van der Waals surface area contributed by atoms with Gasteiger partial charge >= 0.3 is 0 Å². The van der Waals surface area contributed by atoms with Crippen LogP contribution in [0.4, 0.5) is 5.69 Å². The van der Waals surface area contributed by atoms with Gasteiger partial charge in [-0.05, 0) is 37.7 Å². The molecule has 0 aliphatic rings. The first-order valence-electron chi connectivity index (χ1n) is 6.98. The highest BCUT2D eigenvalue weighted by atomic mass is 16.5. The van der Waals surface area contributed by atoms with Gasteiger partial charge in [0.25, 0.3) is 5.91 Å². The number of aryl methyl sites for hydroxylation is 1. The Bertz CT molecular complexity index is 457. The fraction of sp³-hybridized carbons (Fsp3) is 0.533. The summed E-state index contributed by atoms with van der Waals surface area (Å²) in [6.45, 7) is 9.49. The number of rotatable bonds is 7. The van der Waals surface area contributed by atoms with E-state index in [0.717, 1.165) is 25.2 Å². The van der Waals surface area contributed by atoms with Crippen molar-refractivity contribution in [2.45, 2.75) is 20.8 Å². The summed E-state index contributed by atoms with van der Waals surface area (Å²) >= 11 is 0. The smallest absolute Gasteiger partial charge is 0.255 e. The zero-order chi connectivity index (χ0) is 15.1. The molecule has 0 spiro atoms. The number of carbonyl (C=O) groups is 1. The number of nitrogens with two attached hydrogens (primary N) is 1. The van der Waals surface area contributed by atoms with Gasteiger partial charge in [0, 0.05) is 18.8 Å². The monoisotopic (exact) mass is 279 g/mol. The molecule has 0 bridgehead atoms. The Morgan fingerprint density at radius 2 is 2.00 bits per heavy atom. The maximum atomic E-state index is 12.2. The van der Waals surface area contributed by atoms with Crippen molar-refractivity contribution < 1.29 is 9.53 Å². The lowest BCUT2D eigenvalue weighted by molar-refractivity contribution is 0.0946. The molecular weight excluding hydrogens is 254 g/mol. The highest BCUT2D eigenvalue weighted by molar-refractivity contribution is 5.98. The first-order chi connectivity index (χ1) is 9.53. The zero-order valence-corrected chi connectivity index (χ0v) is 12.8. The van der Waals surface area contributed by atoms with Crippen molar-refractivity contribution in [3.8, 4) is 5.75 Å². The highest BCUT2D eigenvalue weighted by Crippen LogP contribution is 2.26. The maximum Gasteiger partial charge on any atom is 0.255 e. The lowest BCUT2D eigenvalue weighted by Gasteiger charge is -2.18. The van der Waals surface area contributed by atoms with Gasteiger partial charge in [0.1, 0.15) is 5.75 Å². The number of nitrogens with zero attached hydrogens (tertiary/aromatic N) is 1. The number of carbonyl (C=O) groups excluding carboxylic acids is 1. The van der Waals surface area contributed by atoms with Gasteiger partial charge in [-0.1, -0.05) is 13.8 Å². The third-order valence-corrected chi connectivity index (χ3v) is 3.35. The molecule has 0 aliphatic carbocycles. The molecule has 0 fully saturated rings. The van der Waals surface area contributed by atoms with E-state index in [4.69, 9.17) is 10.5 Å². The minimum Gasteiger partial charge on any atom is -0.496 e. The third kappa shape index (κ3) is 4.13. The number of likely N-dealkylation sites (N-methyl/N-ethyl adjacent to an activating group) is 1. The Kier molecular flexibility index (Phi) is 6.31. The quantitative estimate of drug-likeness (QED) is 0.745. The topological polar surface area (TPSA) is 67.6 Å². The van der Waals surface area contributed by atoms with Gasteiger partial charge in [-0.15, -0.1) is 0 Å². The molecule has 0 aromatic heterocycles. The molecule has 3 N–H and O–H groups in total. The minimum absolute atomic E-state index is 0.149. The van der Waals surface area contributed by atoms with Crippen molar-refractivity contribution in [2.75, 3.05) is 39.0 Å². The van der Waals surface area contributed by atoms with E-state index < -0.39 is 0 Å². The van der Waals surface area contributed by atoms with E-state index in [2.05, 4.69) is 24.1 Å². The van der Waals surface area contributed by atoms with Gasteiger partial charge in [0.05, 0.1) is 12.7 Å². The molecule has 0 aliphatic heterocycles. The van der Waals surface area contributed by atoms with Crippen LogP contribution in [-0.4, -0.2) is 44.1 Å². The summed E-state index contributed by atoms with van der Waals surface area (Å²) in [7, 11) is 1.56. The normalized spacial score (nSPS) is 10.7. The van der Waals surface area contributed by atoms with Crippen LogP contribution >= 0.6 is 0 Å². The molecule has 5 nitrogen and oxygen atoms in total. The number of nitrogens with one attached hydrogen (secondary N) is 1. The second kappa shape index (κ2) is 7.75. The third-order valence-electron chi connectivity index (χ3n) is 3.35. The Morgan fingerprint density at radius 1 is 1.35 bits per heavy atom. The summed E-state index contributed by atoms with van der Waals surface area (Å²) in [6, 6.07) is 3.45. The lowest BCUT2D eigenvalue weighted by atomic mass is 10.1. The van der Waals surface area contributed by atoms with Crippen LogP contribution in [0.1, 0.15) is 29.8 Å². The van der Waals surface area contributed by atoms with E-state index in [1.54, 1.807) is 19.2 Å². The molecule has 1 amide bonds. The molecule has 0 atom stereocenters. The second-order valence-corrected chi connectivity index (χ2v) is 4.70. The van der Waals surface area contributed by atoms with Crippen LogP contribution < -0.4 is 15.8 Å². The molecule has 20 heavy (non-hydrogen) atoms. The molecule has 1 aromatic rings. The molecule has 0 radical (unpaired) electrons. The molecule has 112 valence electrons. The summed E-state index contributed by atoms with van der Waals surface area (Å²) in [5, 5.41) is 2.91. The van der Waals surface area contributed by atoms with Crippen LogP contribution in [0, 0.1) is 6.92 Å². The fourth-order valence-electron chi connectivity index (χ4n) is 2.20. The first-order valence-corrected chi connectivity index (χ1v) is 6.98. The number of hydrogen-bond acceptors (Lipinski definition) is 4. The zero-order valence-electron chi connectivity index (χ0n) is 12.8. The predicted molar refractivity (Wildman–Crippen MR) is 82.3 cm³/mol. The van der Waals surface area contributed by atoms with Crippen LogP contribution in [0.5, 0.6) is 5.75 Å². The Morgan fingerprint density at radius 3 is 2.55 bits per heavy atom. The molecule has 0 saturated carbocycles. The summed E-state index contributed by atoms with van der Waals surface area (Å²) in [5.74, 6) is 0.434. The number of anilines is 1. The van der Waals surface area contributed by atoms with Crippen LogP contribution in [0.2, 0.25) is 0 Å². The maximum absolute atomic E-state index is 12.2. The minimum atomic E-state index is -0.149. The molecular formula is C15H25N3O2. The summed E-state index contributed by atoms with van der Waals surface area (Å²) in [6.07, 6.45) is 0. The van der Waals surface area contributed by atoms with Crippen LogP contribution in [0.15, 0.2) is 12.1 Å². The van der Waals surface area contributed by atoms with E-state index in [9.17, 15) is 4.79 Å².